The van der Waals surface area contributed by atoms with E-state index in [4.69, 9.17) is 0 Å². The molecular formula is C20H23N5. The van der Waals surface area contributed by atoms with Gasteiger partial charge in [0, 0.05) is 37.0 Å². The van der Waals surface area contributed by atoms with Crippen molar-refractivity contribution >= 4 is 0 Å². The third kappa shape index (κ3) is 3.61. The molecule has 2 aromatic heterocycles. The summed E-state index contributed by atoms with van der Waals surface area (Å²) in [7, 11) is 0. The van der Waals surface area contributed by atoms with Crippen LogP contribution in [0.2, 0.25) is 0 Å². The molecule has 128 valence electrons. The van der Waals surface area contributed by atoms with Gasteiger partial charge in [0.25, 0.3) is 0 Å². The molecule has 5 nitrogen and oxygen atoms in total. The zero-order valence-corrected chi connectivity index (χ0v) is 14.5. The van der Waals surface area contributed by atoms with E-state index < -0.39 is 0 Å². The number of hydrogen-bond donors (Lipinski definition) is 1. The maximum absolute atomic E-state index is 4.69. The second-order valence-electron chi connectivity index (χ2n) is 6.80. The Labute approximate surface area is 148 Å². The van der Waals surface area contributed by atoms with Crippen LogP contribution in [0.5, 0.6) is 0 Å². The minimum Gasteiger partial charge on any atom is -0.298 e. The first-order valence-corrected chi connectivity index (χ1v) is 8.88. The van der Waals surface area contributed by atoms with E-state index in [9.17, 15) is 0 Å². The zero-order chi connectivity index (χ0) is 17.1. The molecule has 25 heavy (non-hydrogen) atoms. The number of benzene rings is 1. The Bertz CT molecular complexity index is 827. The van der Waals surface area contributed by atoms with E-state index >= 15 is 0 Å². The lowest BCUT2D eigenvalue weighted by Crippen LogP contribution is -2.34. The normalized spacial score (nSPS) is 18.4. The molecule has 1 fully saturated rings. The SMILES string of the molecule is Cc1cncc([C@H]2CCCN(Cc3cn[nH]c3-c3ccccc3)C2)n1. The van der Waals surface area contributed by atoms with Gasteiger partial charge in [-0.2, -0.15) is 5.10 Å². The van der Waals surface area contributed by atoms with E-state index in [2.05, 4.69) is 49.3 Å². The van der Waals surface area contributed by atoms with Gasteiger partial charge in [-0.3, -0.25) is 20.0 Å². The summed E-state index contributed by atoms with van der Waals surface area (Å²) in [6.45, 7) is 5.07. The molecule has 0 radical (unpaired) electrons. The quantitative estimate of drug-likeness (QED) is 0.793. The molecule has 0 saturated carbocycles. The number of aromatic amines is 1. The maximum Gasteiger partial charge on any atom is 0.0695 e. The summed E-state index contributed by atoms with van der Waals surface area (Å²) in [5.74, 6) is 0.466. The van der Waals surface area contributed by atoms with Crippen molar-refractivity contribution in [1.82, 2.24) is 25.1 Å². The monoisotopic (exact) mass is 333 g/mol. The number of piperidine rings is 1. The Morgan fingerprint density at radius 3 is 2.88 bits per heavy atom. The highest BCUT2D eigenvalue weighted by atomic mass is 15.2. The van der Waals surface area contributed by atoms with Gasteiger partial charge in [0.1, 0.15) is 0 Å². The van der Waals surface area contributed by atoms with Crippen LogP contribution in [0, 0.1) is 6.92 Å². The largest absolute Gasteiger partial charge is 0.298 e. The van der Waals surface area contributed by atoms with Crippen molar-refractivity contribution in [3.63, 3.8) is 0 Å². The van der Waals surface area contributed by atoms with Gasteiger partial charge in [0.15, 0.2) is 0 Å². The average Bonchev–Trinajstić information content (AvgIpc) is 3.11. The molecule has 4 rings (SSSR count). The molecule has 0 amide bonds. The molecule has 1 aliphatic heterocycles. The van der Waals surface area contributed by atoms with Crippen LogP contribution in [-0.4, -0.2) is 38.2 Å². The molecular weight excluding hydrogens is 310 g/mol. The lowest BCUT2D eigenvalue weighted by Gasteiger charge is -2.32. The van der Waals surface area contributed by atoms with Gasteiger partial charge < -0.3 is 0 Å². The average molecular weight is 333 g/mol. The number of rotatable bonds is 4. The molecule has 0 spiro atoms. The molecule has 0 bridgehead atoms. The summed E-state index contributed by atoms with van der Waals surface area (Å²) in [6, 6.07) is 10.4. The first-order chi connectivity index (χ1) is 12.3. The lowest BCUT2D eigenvalue weighted by atomic mass is 9.94. The topological polar surface area (TPSA) is 57.7 Å². The molecule has 0 unspecified atom stereocenters. The van der Waals surface area contributed by atoms with Crippen LogP contribution in [0.15, 0.2) is 48.9 Å². The molecule has 1 atom stereocenters. The first kappa shape index (κ1) is 16.0. The van der Waals surface area contributed by atoms with E-state index in [1.165, 1.54) is 24.0 Å². The summed E-state index contributed by atoms with van der Waals surface area (Å²) in [4.78, 5) is 11.5. The van der Waals surface area contributed by atoms with Crippen molar-refractivity contribution < 1.29 is 0 Å². The first-order valence-electron chi connectivity index (χ1n) is 8.88. The Kier molecular flexibility index (Phi) is 4.57. The minimum atomic E-state index is 0.466. The number of likely N-dealkylation sites (tertiary alicyclic amines) is 1. The van der Waals surface area contributed by atoms with Crippen LogP contribution in [0.1, 0.15) is 35.7 Å². The summed E-state index contributed by atoms with van der Waals surface area (Å²) < 4.78 is 0. The second-order valence-corrected chi connectivity index (χ2v) is 6.80. The standard InChI is InChI=1S/C20H23N5/c1-15-10-21-12-19(23-15)17-8-5-9-25(13-17)14-18-11-22-24-20(18)16-6-3-2-4-7-16/h2-4,6-7,10-12,17H,5,8-9,13-14H2,1H3,(H,22,24)/t17-/m0/s1. The highest BCUT2D eigenvalue weighted by Crippen LogP contribution is 2.28. The molecule has 3 heterocycles. The summed E-state index contributed by atoms with van der Waals surface area (Å²) >= 11 is 0. The van der Waals surface area contributed by atoms with Gasteiger partial charge >= 0.3 is 0 Å². The van der Waals surface area contributed by atoms with Gasteiger partial charge in [-0.1, -0.05) is 30.3 Å². The minimum absolute atomic E-state index is 0.466. The fourth-order valence-corrected chi connectivity index (χ4v) is 3.65. The molecule has 1 aromatic carbocycles. The van der Waals surface area contributed by atoms with Crippen LogP contribution in [-0.2, 0) is 6.54 Å². The number of hydrogen-bond acceptors (Lipinski definition) is 4. The molecule has 0 aliphatic carbocycles. The highest BCUT2D eigenvalue weighted by Gasteiger charge is 2.23. The Balaban J connectivity index is 1.49. The number of aromatic nitrogens is 4. The summed E-state index contributed by atoms with van der Waals surface area (Å²) in [5.41, 5.74) is 5.68. The lowest BCUT2D eigenvalue weighted by molar-refractivity contribution is 0.198. The summed E-state index contributed by atoms with van der Waals surface area (Å²) in [5, 5.41) is 7.44. The third-order valence-corrected chi connectivity index (χ3v) is 4.87. The van der Waals surface area contributed by atoms with E-state index in [1.54, 1.807) is 0 Å². The predicted molar refractivity (Wildman–Crippen MR) is 98.0 cm³/mol. The zero-order valence-electron chi connectivity index (χ0n) is 14.5. The van der Waals surface area contributed by atoms with E-state index in [-0.39, 0.29) is 0 Å². The third-order valence-electron chi connectivity index (χ3n) is 4.87. The molecule has 3 aromatic rings. The van der Waals surface area contributed by atoms with E-state index in [0.29, 0.717) is 5.92 Å². The molecule has 1 aliphatic rings. The predicted octanol–water partition coefficient (Wildman–Crippen LogP) is 3.55. The van der Waals surface area contributed by atoms with Crippen molar-refractivity contribution in [3.05, 3.63) is 65.9 Å². The van der Waals surface area contributed by atoms with Crippen molar-refractivity contribution in [2.45, 2.75) is 32.2 Å². The van der Waals surface area contributed by atoms with Crippen LogP contribution in [0.3, 0.4) is 0 Å². The van der Waals surface area contributed by atoms with Crippen molar-refractivity contribution in [2.24, 2.45) is 0 Å². The van der Waals surface area contributed by atoms with Crippen LogP contribution in [0.25, 0.3) is 11.3 Å². The van der Waals surface area contributed by atoms with Crippen LogP contribution < -0.4 is 0 Å². The van der Waals surface area contributed by atoms with Crippen molar-refractivity contribution in [1.29, 1.82) is 0 Å². The van der Waals surface area contributed by atoms with Gasteiger partial charge in [-0.15, -0.1) is 0 Å². The number of aryl methyl sites for hydroxylation is 1. The van der Waals surface area contributed by atoms with Gasteiger partial charge in [-0.25, -0.2) is 0 Å². The van der Waals surface area contributed by atoms with Gasteiger partial charge in [0.2, 0.25) is 0 Å². The van der Waals surface area contributed by atoms with Crippen molar-refractivity contribution in [3.8, 4) is 11.3 Å². The highest BCUT2D eigenvalue weighted by molar-refractivity contribution is 5.62. The number of nitrogens with zero attached hydrogens (tertiary/aromatic N) is 4. The maximum atomic E-state index is 4.69. The van der Waals surface area contributed by atoms with E-state index in [1.807, 2.05) is 31.6 Å². The smallest absolute Gasteiger partial charge is 0.0695 e. The van der Waals surface area contributed by atoms with Crippen molar-refractivity contribution in [2.75, 3.05) is 13.1 Å². The van der Waals surface area contributed by atoms with Crippen LogP contribution >= 0.6 is 0 Å². The Morgan fingerprint density at radius 1 is 1.16 bits per heavy atom. The number of H-pyrrole nitrogens is 1. The fourth-order valence-electron chi connectivity index (χ4n) is 3.65. The fraction of sp³-hybridized carbons (Fsp3) is 0.350. The number of nitrogens with one attached hydrogen (secondary N) is 1. The van der Waals surface area contributed by atoms with E-state index in [0.717, 1.165) is 36.7 Å². The Morgan fingerprint density at radius 2 is 2.04 bits per heavy atom. The molecule has 1 N–H and O–H groups in total. The Hall–Kier alpha value is -2.53. The molecule has 1 saturated heterocycles. The van der Waals surface area contributed by atoms with Crippen LogP contribution in [0.4, 0.5) is 0 Å². The molecule has 5 heteroatoms. The summed E-state index contributed by atoms with van der Waals surface area (Å²) in [6.07, 6.45) is 8.08. The second kappa shape index (κ2) is 7.15. The van der Waals surface area contributed by atoms with Gasteiger partial charge in [-0.05, 0) is 31.9 Å². The van der Waals surface area contributed by atoms with Gasteiger partial charge in [0.05, 0.1) is 23.3 Å².